The summed E-state index contributed by atoms with van der Waals surface area (Å²) in [5, 5.41) is 1.32. The molecule has 2 unspecified atom stereocenters. The molecule has 2 aliphatic rings. The fourth-order valence-corrected chi connectivity index (χ4v) is 5.60. The van der Waals surface area contributed by atoms with Gasteiger partial charge in [0, 0.05) is 11.4 Å². The van der Waals surface area contributed by atoms with Crippen LogP contribution in [0.5, 0.6) is 5.75 Å². The fraction of sp³-hybridized carbons (Fsp3) is 0.474. The summed E-state index contributed by atoms with van der Waals surface area (Å²) >= 11 is 1.91. The quantitative estimate of drug-likeness (QED) is 0.814. The van der Waals surface area contributed by atoms with Crippen LogP contribution in [0, 0.1) is 11.8 Å². The van der Waals surface area contributed by atoms with Crippen molar-refractivity contribution in [3.63, 3.8) is 0 Å². The van der Waals surface area contributed by atoms with Gasteiger partial charge in [-0.3, -0.25) is 0 Å². The number of rotatable bonds is 4. The maximum Gasteiger partial charge on any atom is 0.136 e. The number of hydrogen-bond acceptors (Lipinski definition) is 3. The molecule has 1 fully saturated rings. The summed E-state index contributed by atoms with van der Waals surface area (Å²) in [4.78, 5) is 3.80. The van der Waals surface area contributed by atoms with Crippen LogP contribution in [-0.4, -0.2) is 32.6 Å². The molecule has 2 atom stereocenters. The molecule has 0 N–H and O–H groups in total. The summed E-state index contributed by atoms with van der Waals surface area (Å²) in [6.07, 6.45) is 4.15. The summed E-state index contributed by atoms with van der Waals surface area (Å²) in [6, 6.07) is 8.75. The SMILES string of the molecule is COc1cccc2cc(C3=C(CN(C)C)C4CCC3C4)sc12. The average molecular weight is 313 g/mol. The third kappa shape index (κ3) is 2.19. The van der Waals surface area contributed by atoms with Gasteiger partial charge in [-0.05, 0) is 73.9 Å². The van der Waals surface area contributed by atoms with Gasteiger partial charge in [-0.15, -0.1) is 11.3 Å². The second kappa shape index (κ2) is 5.39. The zero-order chi connectivity index (χ0) is 15.3. The summed E-state index contributed by atoms with van der Waals surface area (Å²) in [5.41, 5.74) is 3.36. The first kappa shape index (κ1) is 14.3. The first-order valence-electron chi connectivity index (χ1n) is 8.12. The van der Waals surface area contributed by atoms with E-state index < -0.39 is 0 Å². The molecule has 22 heavy (non-hydrogen) atoms. The molecule has 116 valence electrons. The standard InChI is InChI=1S/C19H23NOS/c1-20(2)11-15-12-7-8-13(9-12)18(15)17-10-14-5-4-6-16(21-3)19(14)22-17/h4-6,10,12-13H,7-9,11H2,1-3H3. The number of thiophene rings is 1. The maximum absolute atomic E-state index is 5.54. The molecular weight excluding hydrogens is 290 g/mol. The van der Waals surface area contributed by atoms with Crippen molar-refractivity contribution in [3.05, 3.63) is 34.7 Å². The summed E-state index contributed by atoms with van der Waals surface area (Å²) in [5.74, 6) is 2.63. The molecule has 2 aliphatic carbocycles. The van der Waals surface area contributed by atoms with Gasteiger partial charge in [0.05, 0.1) is 11.8 Å². The third-order valence-corrected chi connectivity index (χ3v) is 6.36. The van der Waals surface area contributed by atoms with Crippen LogP contribution in [0.25, 0.3) is 15.7 Å². The minimum atomic E-state index is 0.791. The van der Waals surface area contributed by atoms with E-state index in [1.54, 1.807) is 18.3 Å². The van der Waals surface area contributed by atoms with E-state index >= 15 is 0 Å². The van der Waals surface area contributed by atoms with E-state index in [4.69, 9.17) is 4.74 Å². The Balaban J connectivity index is 1.84. The lowest BCUT2D eigenvalue weighted by Crippen LogP contribution is -2.19. The number of allylic oxidation sites excluding steroid dienone is 1. The van der Waals surface area contributed by atoms with Gasteiger partial charge < -0.3 is 9.64 Å². The van der Waals surface area contributed by atoms with E-state index in [9.17, 15) is 0 Å². The first-order valence-corrected chi connectivity index (χ1v) is 8.93. The Morgan fingerprint density at radius 2 is 2.05 bits per heavy atom. The Kier molecular flexibility index (Phi) is 3.50. The number of nitrogens with zero attached hydrogens (tertiary/aromatic N) is 1. The van der Waals surface area contributed by atoms with Crippen molar-refractivity contribution in [2.45, 2.75) is 19.3 Å². The van der Waals surface area contributed by atoms with Crippen molar-refractivity contribution >= 4 is 27.0 Å². The normalized spacial score (nSPS) is 24.0. The van der Waals surface area contributed by atoms with Crippen LogP contribution >= 0.6 is 11.3 Å². The van der Waals surface area contributed by atoms with Gasteiger partial charge >= 0.3 is 0 Å². The average Bonchev–Trinajstić information content (AvgIpc) is 3.19. The summed E-state index contributed by atoms with van der Waals surface area (Å²) in [7, 11) is 6.14. The van der Waals surface area contributed by atoms with E-state index in [2.05, 4.69) is 43.3 Å². The second-order valence-electron chi connectivity index (χ2n) is 6.87. The van der Waals surface area contributed by atoms with Crippen LogP contribution < -0.4 is 4.74 Å². The van der Waals surface area contributed by atoms with E-state index in [1.807, 2.05) is 11.3 Å². The van der Waals surface area contributed by atoms with Gasteiger partial charge in [-0.2, -0.15) is 0 Å². The van der Waals surface area contributed by atoms with E-state index in [-0.39, 0.29) is 0 Å². The number of benzene rings is 1. The summed E-state index contributed by atoms with van der Waals surface area (Å²) in [6.45, 7) is 1.11. The van der Waals surface area contributed by atoms with Crippen molar-refractivity contribution in [2.24, 2.45) is 11.8 Å². The molecule has 1 saturated carbocycles. The maximum atomic E-state index is 5.54. The van der Waals surface area contributed by atoms with Gasteiger partial charge in [0.1, 0.15) is 5.75 Å². The highest BCUT2D eigenvalue weighted by Crippen LogP contribution is 2.54. The number of fused-ring (bicyclic) bond motifs is 3. The molecule has 1 aromatic heterocycles. The number of ether oxygens (including phenoxy) is 1. The highest BCUT2D eigenvalue weighted by atomic mass is 32.1. The number of hydrogen-bond donors (Lipinski definition) is 0. The molecule has 2 aromatic rings. The first-order chi connectivity index (χ1) is 10.7. The molecule has 4 rings (SSSR count). The molecule has 0 amide bonds. The predicted molar refractivity (Wildman–Crippen MR) is 94.7 cm³/mol. The Morgan fingerprint density at radius 3 is 2.82 bits per heavy atom. The molecule has 3 heteroatoms. The molecule has 0 saturated heterocycles. The van der Waals surface area contributed by atoms with Crippen LogP contribution in [0.3, 0.4) is 0 Å². The minimum Gasteiger partial charge on any atom is -0.495 e. The monoisotopic (exact) mass is 313 g/mol. The van der Waals surface area contributed by atoms with Crippen molar-refractivity contribution in [1.29, 1.82) is 0 Å². The highest BCUT2D eigenvalue weighted by molar-refractivity contribution is 7.20. The smallest absolute Gasteiger partial charge is 0.136 e. The zero-order valence-corrected chi connectivity index (χ0v) is 14.4. The Bertz CT molecular complexity index is 743. The van der Waals surface area contributed by atoms with Crippen LogP contribution in [-0.2, 0) is 0 Å². The van der Waals surface area contributed by atoms with Crippen molar-refractivity contribution in [1.82, 2.24) is 4.90 Å². The van der Waals surface area contributed by atoms with E-state index in [1.165, 1.54) is 34.2 Å². The molecule has 0 aliphatic heterocycles. The van der Waals surface area contributed by atoms with Crippen LogP contribution in [0.1, 0.15) is 24.1 Å². The second-order valence-corrected chi connectivity index (χ2v) is 7.93. The van der Waals surface area contributed by atoms with Gasteiger partial charge in [0.15, 0.2) is 0 Å². The molecule has 1 heterocycles. The minimum absolute atomic E-state index is 0.791. The topological polar surface area (TPSA) is 12.5 Å². The van der Waals surface area contributed by atoms with Crippen LogP contribution in [0.15, 0.2) is 29.8 Å². The molecule has 1 aromatic carbocycles. The molecule has 2 bridgehead atoms. The van der Waals surface area contributed by atoms with Crippen molar-refractivity contribution < 1.29 is 4.74 Å². The van der Waals surface area contributed by atoms with Gasteiger partial charge in [-0.25, -0.2) is 0 Å². The number of methoxy groups -OCH3 is 1. The number of likely N-dealkylation sites (N-methyl/N-ethyl adjacent to an activating group) is 1. The lowest BCUT2D eigenvalue weighted by molar-refractivity contribution is 0.420. The summed E-state index contributed by atoms with van der Waals surface area (Å²) < 4.78 is 6.83. The molecular formula is C19H23NOS. The predicted octanol–water partition coefficient (Wildman–Crippen LogP) is 4.66. The van der Waals surface area contributed by atoms with Gasteiger partial charge in [0.2, 0.25) is 0 Å². The highest BCUT2D eigenvalue weighted by Gasteiger charge is 2.39. The van der Waals surface area contributed by atoms with Crippen molar-refractivity contribution in [2.75, 3.05) is 27.7 Å². The lowest BCUT2D eigenvalue weighted by atomic mass is 9.90. The largest absolute Gasteiger partial charge is 0.495 e. The van der Waals surface area contributed by atoms with Crippen LogP contribution in [0.2, 0.25) is 0 Å². The van der Waals surface area contributed by atoms with Crippen LogP contribution in [0.4, 0.5) is 0 Å². The zero-order valence-electron chi connectivity index (χ0n) is 13.6. The Hall–Kier alpha value is -1.32. The Morgan fingerprint density at radius 1 is 1.23 bits per heavy atom. The fourth-order valence-electron chi connectivity index (χ4n) is 4.29. The molecule has 0 radical (unpaired) electrons. The van der Waals surface area contributed by atoms with Gasteiger partial charge in [-0.1, -0.05) is 12.1 Å². The van der Waals surface area contributed by atoms with Crippen molar-refractivity contribution in [3.8, 4) is 5.75 Å². The van der Waals surface area contributed by atoms with E-state index in [0.29, 0.717) is 0 Å². The third-order valence-electron chi connectivity index (χ3n) is 5.16. The van der Waals surface area contributed by atoms with Gasteiger partial charge in [0.25, 0.3) is 0 Å². The van der Waals surface area contributed by atoms with E-state index in [0.717, 1.165) is 24.1 Å². The Labute approximate surface area is 136 Å². The molecule has 0 spiro atoms. The molecule has 2 nitrogen and oxygen atoms in total. The lowest BCUT2D eigenvalue weighted by Gasteiger charge is -2.22.